The largest absolute Gasteiger partial charge is 0.367 e. The first-order chi connectivity index (χ1) is 6.79. The van der Waals surface area contributed by atoms with Crippen molar-refractivity contribution in [1.82, 2.24) is 9.97 Å². The Morgan fingerprint density at radius 2 is 2.21 bits per heavy atom. The number of nitrogens with zero attached hydrogens (tertiary/aromatic N) is 2. The van der Waals surface area contributed by atoms with Gasteiger partial charge < -0.3 is 10.6 Å². The first-order valence-electron chi connectivity index (χ1n) is 5.07. The van der Waals surface area contributed by atoms with Crippen LogP contribution in [0.4, 0.5) is 11.8 Å². The van der Waals surface area contributed by atoms with Crippen LogP contribution in [0, 0.1) is 6.92 Å². The van der Waals surface area contributed by atoms with E-state index >= 15 is 0 Å². The van der Waals surface area contributed by atoms with Crippen LogP contribution in [0.5, 0.6) is 0 Å². The second kappa shape index (κ2) is 3.82. The van der Waals surface area contributed by atoms with Crippen molar-refractivity contribution >= 4 is 11.8 Å². The minimum absolute atomic E-state index is 0.619. The molecule has 1 fully saturated rings. The van der Waals surface area contributed by atoms with E-state index in [1.54, 1.807) is 0 Å². The number of anilines is 2. The molecule has 1 aliphatic rings. The molecule has 1 heterocycles. The molecule has 0 spiro atoms. The molecule has 76 valence electrons. The summed E-state index contributed by atoms with van der Waals surface area (Å²) >= 11 is 0. The fourth-order valence-corrected chi connectivity index (χ4v) is 1.45. The second-order valence-corrected chi connectivity index (χ2v) is 3.75. The summed E-state index contributed by atoms with van der Waals surface area (Å²) in [5.41, 5.74) is 1.11. The van der Waals surface area contributed by atoms with Crippen molar-refractivity contribution < 1.29 is 0 Å². The van der Waals surface area contributed by atoms with Crippen molar-refractivity contribution in [2.24, 2.45) is 0 Å². The van der Waals surface area contributed by atoms with Crippen LogP contribution in [-0.4, -0.2) is 23.1 Å². The van der Waals surface area contributed by atoms with E-state index < -0.39 is 0 Å². The van der Waals surface area contributed by atoms with E-state index in [2.05, 4.69) is 20.6 Å². The third-order valence-corrected chi connectivity index (χ3v) is 2.64. The number of nitrogens with one attached hydrogen (secondary N) is 2. The summed E-state index contributed by atoms with van der Waals surface area (Å²) < 4.78 is 0. The molecule has 4 heteroatoms. The van der Waals surface area contributed by atoms with Gasteiger partial charge in [-0.3, -0.25) is 0 Å². The van der Waals surface area contributed by atoms with Crippen molar-refractivity contribution in [3.05, 3.63) is 11.8 Å². The Morgan fingerprint density at radius 1 is 1.43 bits per heavy atom. The van der Waals surface area contributed by atoms with Gasteiger partial charge >= 0.3 is 0 Å². The van der Waals surface area contributed by atoms with Crippen LogP contribution in [0.15, 0.2) is 6.20 Å². The molecule has 1 aromatic heterocycles. The van der Waals surface area contributed by atoms with Gasteiger partial charge in [0.15, 0.2) is 0 Å². The maximum Gasteiger partial charge on any atom is 0.224 e. The highest BCUT2D eigenvalue weighted by Gasteiger charge is 2.18. The lowest BCUT2D eigenvalue weighted by Crippen LogP contribution is -2.28. The summed E-state index contributed by atoms with van der Waals surface area (Å²) in [5.74, 6) is 1.64. The van der Waals surface area contributed by atoms with Gasteiger partial charge in [0.25, 0.3) is 0 Å². The van der Waals surface area contributed by atoms with E-state index in [9.17, 15) is 0 Å². The third kappa shape index (κ3) is 1.78. The molecule has 0 saturated heterocycles. The monoisotopic (exact) mass is 192 g/mol. The molecule has 14 heavy (non-hydrogen) atoms. The van der Waals surface area contributed by atoms with E-state index in [1.165, 1.54) is 19.3 Å². The summed E-state index contributed by atoms with van der Waals surface area (Å²) in [6, 6.07) is 0.619. The first kappa shape index (κ1) is 9.24. The lowest BCUT2D eigenvalue weighted by atomic mass is 9.93. The highest BCUT2D eigenvalue weighted by Crippen LogP contribution is 2.23. The summed E-state index contributed by atoms with van der Waals surface area (Å²) in [6.07, 6.45) is 5.71. The SMILES string of the molecule is CNc1ncc(C)c(NC2CCC2)n1. The average Bonchev–Trinajstić information content (AvgIpc) is 2.14. The van der Waals surface area contributed by atoms with Gasteiger partial charge in [-0.05, 0) is 26.2 Å². The van der Waals surface area contributed by atoms with Gasteiger partial charge in [-0.25, -0.2) is 4.98 Å². The van der Waals surface area contributed by atoms with Gasteiger partial charge in [-0.15, -0.1) is 0 Å². The van der Waals surface area contributed by atoms with Crippen LogP contribution < -0.4 is 10.6 Å². The number of aryl methyl sites for hydroxylation is 1. The predicted molar refractivity (Wildman–Crippen MR) is 57.6 cm³/mol. The van der Waals surface area contributed by atoms with Crippen LogP contribution in [0.2, 0.25) is 0 Å². The van der Waals surface area contributed by atoms with Gasteiger partial charge in [-0.2, -0.15) is 4.98 Å². The molecule has 0 aliphatic heterocycles. The maximum absolute atomic E-state index is 4.38. The van der Waals surface area contributed by atoms with Crippen molar-refractivity contribution in [1.29, 1.82) is 0 Å². The van der Waals surface area contributed by atoms with E-state index in [4.69, 9.17) is 0 Å². The van der Waals surface area contributed by atoms with Crippen molar-refractivity contribution in [3.63, 3.8) is 0 Å². The zero-order valence-corrected chi connectivity index (χ0v) is 8.67. The topological polar surface area (TPSA) is 49.8 Å². The van der Waals surface area contributed by atoms with E-state index in [0.717, 1.165) is 11.4 Å². The second-order valence-electron chi connectivity index (χ2n) is 3.75. The fraction of sp³-hybridized carbons (Fsp3) is 0.600. The Morgan fingerprint density at radius 3 is 2.79 bits per heavy atom. The Bertz CT molecular complexity index is 320. The molecule has 1 aromatic rings. The molecule has 1 aliphatic carbocycles. The molecule has 2 N–H and O–H groups in total. The van der Waals surface area contributed by atoms with Gasteiger partial charge in [0.05, 0.1) is 0 Å². The van der Waals surface area contributed by atoms with Crippen molar-refractivity contribution in [2.75, 3.05) is 17.7 Å². The summed E-state index contributed by atoms with van der Waals surface area (Å²) in [4.78, 5) is 8.53. The zero-order chi connectivity index (χ0) is 9.97. The lowest BCUT2D eigenvalue weighted by Gasteiger charge is -2.27. The van der Waals surface area contributed by atoms with Crippen LogP contribution in [0.1, 0.15) is 24.8 Å². The van der Waals surface area contributed by atoms with E-state index in [-0.39, 0.29) is 0 Å². The highest BCUT2D eigenvalue weighted by atomic mass is 15.1. The Hall–Kier alpha value is -1.32. The van der Waals surface area contributed by atoms with Gasteiger partial charge in [-0.1, -0.05) is 0 Å². The molecular formula is C10H16N4. The van der Waals surface area contributed by atoms with Crippen molar-refractivity contribution in [2.45, 2.75) is 32.2 Å². The summed E-state index contributed by atoms with van der Waals surface area (Å²) in [5, 5.41) is 6.37. The lowest BCUT2D eigenvalue weighted by molar-refractivity contribution is 0.444. The highest BCUT2D eigenvalue weighted by molar-refractivity contribution is 5.47. The number of hydrogen-bond donors (Lipinski definition) is 2. The molecule has 2 rings (SSSR count). The summed E-state index contributed by atoms with van der Waals surface area (Å²) in [7, 11) is 1.83. The van der Waals surface area contributed by atoms with Crippen LogP contribution >= 0.6 is 0 Å². The number of hydrogen-bond acceptors (Lipinski definition) is 4. The fourth-order valence-electron chi connectivity index (χ4n) is 1.45. The minimum atomic E-state index is 0.619. The molecule has 0 unspecified atom stereocenters. The molecule has 1 saturated carbocycles. The smallest absolute Gasteiger partial charge is 0.224 e. The third-order valence-electron chi connectivity index (χ3n) is 2.64. The Kier molecular flexibility index (Phi) is 2.52. The summed E-state index contributed by atoms with van der Waals surface area (Å²) in [6.45, 7) is 2.03. The molecule has 0 aromatic carbocycles. The minimum Gasteiger partial charge on any atom is -0.367 e. The van der Waals surface area contributed by atoms with Crippen molar-refractivity contribution in [3.8, 4) is 0 Å². The van der Waals surface area contributed by atoms with Gasteiger partial charge in [0.2, 0.25) is 5.95 Å². The van der Waals surface area contributed by atoms with Crippen LogP contribution in [0.25, 0.3) is 0 Å². The predicted octanol–water partition coefficient (Wildman–Crippen LogP) is 1.79. The van der Waals surface area contributed by atoms with Gasteiger partial charge in [0, 0.05) is 24.8 Å². The molecule has 0 atom stereocenters. The quantitative estimate of drug-likeness (QED) is 0.766. The van der Waals surface area contributed by atoms with Crippen LogP contribution in [-0.2, 0) is 0 Å². The number of aromatic nitrogens is 2. The van der Waals surface area contributed by atoms with E-state index in [1.807, 2.05) is 20.2 Å². The molecule has 0 amide bonds. The molecule has 4 nitrogen and oxygen atoms in total. The Balaban J connectivity index is 2.13. The molecule has 0 radical (unpaired) electrons. The first-order valence-corrected chi connectivity index (χ1v) is 5.07. The van der Waals surface area contributed by atoms with Gasteiger partial charge in [0.1, 0.15) is 5.82 Å². The van der Waals surface area contributed by atoms with Crippen LogP contribution in [0.3, 0.4) is 0 Å². The standard InChI is InChI=1S/C10H16N4/c1-7-6-12-10(11-2)14-9(7)13-8-4-3-5-8/h6,8H,3-5H2,1-2H3,(H2,11,12,13,14). The molecule has 0 bridgehead atoms. The Labute approximate surface area is 84.2 Å². The zero-order valence-electron chi connectivity index (χ0n) is 8.67. The number of rotatable bonds is 3. The van der Waals surface area contributed by atoms with E-state index in [0.29, 0.717) is 12.0 Å². The average molecular weight is 192 g/mol. The molecular weight excluding hydrogens is 176 g/mol. The maximum atomic E-state index is 4.38. The normalized spacial score (nSPS) is 16.1.